The lowest BCUT2D eigenvalue weighted by molar-refractivity contribution is -0.249. The van der Waals surface area contributed by atoms with E-state index >= 15 is 0 Å². The molecule has 0 aromatic heterocycles. The van der Waals surface area contributed by atoms with Crippen LogP contribution in [0.25, 0.3) is 0 Å². The van der Waals surface area contributed by atoms with Crippen LogP contribution >= 0.6 is 0 Å². The van der Waals surface area contributed by atoms with Crippen molar-refractivity contribution in [2.24, 2.45) is 56.7 Å². The Bertz CT molecular complexity index is 1130. The molecular weight excluding hydrogens is 601 g/mol. The Morgan fingerprint density at radius 2 is 1.37 bits per heavy atom. The van der Waals surface area contributed by atoms with E-state index in [1.54, 1.807) is 0 Å². The molecule has 5 aliphatic rings. The van der Waals surface area contributed by atoms with Crippen molar-refractivity contribution in [3.8, 4) is 0 Å². The molecule has 0 aliphatic heterocycles. The minimum atomic E-state index is -0.573. The summed E-state index contributed by atoms with van der Waals surface area (Å²) in [4.78, 5) is 13.2. The van der Waals surface area contributed by atoms with Crippen molar-refractivity contribution in [3.63, 3.8) is 0 Å². The van der Waals surface area contributed by atoms with Gasteiger partial charge in [0.2, 0.25) is 0 Å². The molecule has 0 bridgehead atoms. The molecule has 0 spiro atoms. The van der Waals surface area contributed by atoms with Crippen LogP contribution in [0.1, 0.15) is 203 Å². The van der Waals surface area contributed by atoms with Crippen LogP contribution in [-0.4, -0.2) is 23.3 Å². The Labute approximate surface area is 304 Å². The van der Waals surface area contributed by atoms with Gasteiger partial charge >= 0.3 is 5.97 Å². The zero-order chi connectivity index (χ0) is 35.7. The maximum atomic E-state index is 13.2. The molecule has 0 aromatic rings. The highest BCUT2D eigenvalue weighted by Crippen LogP contribution is 2.77. The van der Waals surface area contributed by atoms with Crippen LogP contribution in [-0.2, 0) is 9.53 Å². The summed E-state index contributed by atoms with van der Waals surface area (Å²) in [6.07, 6.45) is 27.5. The summed E-state index contributed by atoms with van der Waals surface area (Å²) in [5.41, 5.74) is 2.93. The lowest BCUT2D eigenvalue weighted by Crippen LogP contribution is -2.66. The van der Waals surface area contributed by atoms with Crippen LogP contribution in [0.15, 0.2) is 12.2 Å². The summed E-state index contributed by atoms with van der Waals surface area (Å²) in [6, 6.07) is 0. The third-order valence-corrected chi connectivity index (χ3v) is 17.2. The van der Waals surface area contributed by atoms with Crippen LogP contribution in [0, 0.1) is 56.7 Å². The molecule has 5 rings (SSSR count). The molecule has 1 N–H and O–H groups in total. The highest BCUT2D eigenvalue weighted by molar-refractivity contribution is 5.70. The van der Waals surface area contributed by atoms with Crippen LogP contribution in [0.3, 0.4) is 0 Å². The predicted molar refractivity (Wildman–Crippen MR) is 206 cm³/mol. The molecule has 5 fully saturated rings. The monoisotopic (exact) mass is 681 g/mol. The number of aliphatic hydroxyl groups is 1. The third kappa shape index (κ3) is 7.51. The molecule has 0 amide bonds. The molecule has 5 aliphatic carbocycles. The predicted octanol–water partition coefficient (Wildman–Crippen LogP) is 13.0. The van der Waals surface area contributed by atoms with Crippen LogP contribution in [0.4, 0.5) is 0 Å². The van der Waals surface area contributed by atoms with E-state index in [1.165, 1.54) is 115 Å². The average Bonchev–Trinajstić information content (AvgIpc) is 3.39. The van der Waals surface area contributed by atoms with Gasteiger partial charge in [-0.25, -0.2) is 0 Å². The van der Waals surface area contributed by atoms with Gasteiger partial charge in [-0.15, -0.1) is 0 Å². The van der Waals surface area contributed by atoms with Gasteiger partial charge in [-0.2, -0.15) is 0 Å². The van der Waals surface area contributed by atoms with E-state index in [-0.39, 0.29) is 29.3 Å². The first-order chi connectivity index (χ1) is 23.1. The Morgan fingerprint density at radius 3 is 2.00 bits per heavy atom. The number of aliphatic hydroxyl groups excluding tert-OH is 1. The Morgan fingerprint density at radius 1 is 0.735 bits per heavy atom. The fraction of sp³-hybridized carbons (Fsp3) is 0.935. The quantitative estimate of drug-likeness (QED) is 0.100. The lowest BCUT2D eigenvalue weighted by Gasteiger charge is -2.73. The van der Waals surface area contributed by atoms with Crippen molar-refractivity contribution < 1.29 is 14.6 Å². The number of esters is 1. The summed E-state index contributed by atoms with van der Waals surface area (Å²) < 4.78 is 6.33. The summed E-state index contributed by atoms with van der Waals surface area (Å²) in [5, 5.41) is 10.7. The molecule has 0 aromatic carbocycles. The maximum Gasteiger partial charge on any atom is 0.308 e. The van der Waals surface area contributed by atoms with Gasteiger partial charge in [0.1, 0.15) is 6.10 Å². The maximum absolute atomic E-state index is 13.2. The van der Waals surface area contributed by atoms with Crippen molar-refractivity contribution in [1.82, 2.24) is 0 Å². The molecule has 49 heavy (non-hydrogen) atoms. The van der Waals surface area contributed by atoms with Gasteiger partial charge in [0.05, 0.1) is 12.5 Å². The number of fused-ring (bicyclic) bond motifs is 7. The number of rotatable bonds is 16. The van der Waals surface area contributed by atoms with Crippen molar-refractivity contribution in [1.29, 1.82) is 0 Å². The minimum absolute atomic E-state index is 0.0475. The van der Waals surface area contributed by atoms with Gasteiger partial charge in [-0.3, -0.25) is 4.79 Å². The van der Waals surface area contributed by atoms with Crippen molar-refractivity contribution in [3.05, 3.63) is 12.2 Å². The molecule has 0 unspecified atom stereocenters. The lowest BCUT2D eigenvalue weighted by atomic mass is 9.32. The first-order valence-corrected chi connectivity index (χ1v) is 21.7. The summed E-state index contributed by atoms with van der Waals surface area (Å²) in [7, 11) is 0. The van der Waals surface area contributed by atoms with Crippen LogP contribution in [0.2, 0.25) is 0 Å². The fourth-order valence-corrected chi connectivity index (χ4v) is 14.2. The van der Waals surface area contributed by atoms with Crippen molar-refractivity contribution >= 4 is 5.97 Å². The van der Waals surface area contributed by atoms with E-state index in [1.807, 2.05) is 0 Å². The summed E-state index contributed by atoms with van der Waals surface area (Å²) >= 11 is 0. The molecule has 3 heteroatoms. The van der Waals surface area contributed by atoms with E-state index < -0.39 is 6.10 Å². The summed E-state index contributed by atoms with van der Waals surface area (Å²) in [5.74, 6) is 3.46. The average molecular weight is 681 g/mol. The second-order valence-electron chi connectivity index (χ2n) is 20.4. The number of ether oxygens (including phenoxy) is 1. The van der Waals surface area contributed by atoms with E-state index in [4.69, 9.17) is 4.74 Å². The Kier molecular flexibility index (Phi) is 12.6. The SMILES string of the molecule is C=C(C)[C@@H]1CC[C@]2(C)CC[C@]3(C)[C@H](CC[C@@H]4[C@@]5(C)CC[C@H](OC(=O)C[C@H](O)CCCCCCCCCCCCC)C(C)(C)[C@@H]5CC[C@]43C)[C@@H]12. The van der Waals surface area contributed by atoms with Crippen LogP contribution < -0.4 is 0 Å². The fourth-order valence-electron chi connectivity index (χ4n) is 14.2. The zero-order valence-electron chi connectivity index (χ0n) is 33.8. The highest BCUT2D eigenvalue weighted by Gasteiger charge is 2.70. The number of unbranched alkanes of at least 4 members (excludes halogenated alkanes) is 10. The molecule has 3 nitrogen and oxygen atoms in total. The van der Waals surface area contributed by atoms with E-state index in [0.717, 1.165) is 43.4 Å². The molecule has 0 radical (unpaired) electrons. The summed E-state index contributed by atoms with van der Waals surface area (Å²) in [6.45, 7) is 24.7. The molecule has 5 saturated carbocycles. The van der Waals surface area contributed by atoms with E-state index in [2.05, 4.69) is 62.0 Å². The zero-order valence-corrected chi connectivity index (χ0v) is 33.8. The topological polar surface area (TPSA) is 46.5 Å². The standard InChI is InChI=1S/C46H80O3/c1-10-11-12-13-14-15-16-17-18-19-20-21-34(47)32-40(48)49-39-26-28-44(7)37(42(39,4)5)25-29-46(9)38(44)23-22-36-41-35(33(2)3)24-27-43(41,6)30-31-45(36,46)8/h34-39,41,47H,2,10-32H2,1,3-9H3/t34-,35+,36-,37+,38-,39+,41-,43-,44+,45-,46-/m1/s1. The van der Waals surface area contributed by atoms with Gasteiger partial charge in [-0.1, -0.05) is 131 Å². The van der Waals surface area contributed by atoms with E-state index in [9.17, 15) is 9.90 Å². The van der Waals surface area contributed by atoms with Gasteiger partial charge < -0.3 is 9.84 Å². The number of allylic oxidation sites excluding steroid dienone is 1. The van der Waals surface area contributed by atoms with Crippen molar-refractivity contribution in [2.45, 2.75) is 215 Å². The smallest absolute Gasteiger partial charge is 0.308 e. The highest BCUT2D eigenvalue weighted by atomic mass is 16.5. The first kappa shape index (κ1) is 39.4. The van der Waals surface area contributed by atoms with E-state index in [0.29, 0.717) is 34.5 Å². The molecule has 0 heterocycles. The van der Waals surface area contributed by atoms with Gasteiger partial charge in [0.25, 0.3) is 0 Å². The van der Waals surface area contributed by atoms with Crippen LogP contribution in [0.5, 0.6) is 0 Å². The molecule has 0 saturated heterocycles. The van der Waals surface area contributed by atoms with Crippen molar-refractivity contribution in [2.75, 3.05) is 0 Å². The molecule has 282 valence electrons. The number of hydrogen-bond acceptors (Lipinski definition) is 3. The number of carbonyl (C=O) groups excluding carboxylic acids is 1. The second-order valence-corrected chi connectivity index (χ2v) is 20.4. The second kappa shape index (κ2) is 15.6. The molecule has 11 atom stereocenters. The number of carbonyl (C=O) groups is 1. The Hall–Kier alpha value is -0.830. The largest absolute Gasteiger partial charge is 0.462 e. The first-order valence-electron chi connectivity index (χ1n) is 21.7. The van der Waals surface area contributed by atoms with Gasteiger partial charge in [0.15, 0.2) is 0 Å². The number of hydrogen-bond donors (Lipinski definition) is 1. The normalized spacial score (nSPS) is 41.6. The Balaban J connectivity index is 1.13. The minimum Gasteiger partial charge on any atom is -0.462 e. The van der Waals surface area contributed by atoms with Gasteiger partial charge in [-0.05, 0) is 129 Å². The van der Waals surface area contributed by atoms with Gasteiger partial charge in [0, 0.05) is 5.41 Å². The third-order valence-electron chi connectivity index (χ3n) is 17.2. The molecular formula is C46H80O3.